The molecule has 1 aliphatic heterocycles. The molecule has 1 saturated heterocycles. The number of nitrogens with one attached hydrogen (secondary N) is 1. The molecule has 1 N–H and O–H groups in total. The van der Waals surface area contributed by atoms with E-state index in [1.165, 1.54) is 13.2 Å². The maximum atomic E-state index is 12.1. The third-order valence-electron chi connectivity index (χ3n) is 3.49. The summed E-state index contributed by atoms with van der Waals surface area (Å²) in [5, 5.41) is 2.58. The summed E-state index contributed by atoms with van der Waals surface area (Å²) in [6.45, 7) is 4.39. The van der Waals surface area contributed by atoms with Crippen molar-refractivity contribution < 1.29 is 23.5 Å². The second-order valence-electron chi connectivity index (χ2n) is 5.23. The molecule has 1 aromatic heterocycles. The number of nitrogens with zero attached hydrogens (tertiary/aromatic N) is 1. The van der Waals surface area contributed by atoms with Crippen LogP contribution >= 0.6 is 0 Å². The van der Waals surface area contributed by atoms with Crippen LogP contribution in [0.2, 0.25) is 0 Å². The van der Waals surface area contributed by atoms with Gasteiger partial charge in [0.1, 0.15) is 5.76 Å². The summed E-state index contributed by atoms with van der Waals surface area (Å²) in [7, 11) is 0. The van der Waals surface area contributed by atoms with Gasteiger partial charge >= 0.3 is 5.97 Å². The molecule has 1 aromatic rings. The number of likely N-dealkylation sites (N-methyl/N-ethyl adjacent to an activating group) is 1. The quantitative estimate of drug-likeness (QED) is 0.781. The van der Waals surface area contributed by atoms with Crippen LogP contribution in [-0.4, -0.2) is 41.9 Å². The maximum absolute atomic E-state index is 12.1. The SMILES string of the molecule is CCNC(=O)[C@H](C)OC(=O)[C@@H]1CC(=O)N(Cc2ccco2)C1. The Labute approximate surface area is 128 Å². The molecule has 1 aliphatic rings. The average molecular weight is 308 g/mol. The molecule has 0 saturated carbocycles. The van der Waals surface area contributed by atoms with Gasteiger partial charge in [0, 0.05) is 19.5 Å². The second-order valence-corrected chi connectivity index (χ2v) is 5.23. The highest BCUT2D eigenvalue weighted by Gasteiger charge is 2.36. The summed E-state index contributed by atoms with van der Waals surface area (Å²) in [6, 6.07) is 3.52. The van der Waals surface area contributed by atoms with Crippen molar-refractivity contribution >= 4 is 17.8 Å². The maximum Gasteiger partial charge on any atom is 0.312 e. The normalized spacial score (nSPS) is 19.1. The summed E-state index contributed by atoms with van der Waals surface area (Å²) in [5.74, 6) is -0.858. The van der Waals surface area contributed by atoms with Crippen LogP contribution < -0.4 is 5.32 Å². The lowest BCUT2D eigenvalue weighted by molar-refractivity contribution is -0.158. The predicted molar refractivity (Wildman–Crippen MR) is 76.5 cm³/mol. The van der Waals surface area contributed by atoms with Crippen molar-refractivity contribution in [1.82, 2.24) is 10.2 Å². The highest BCUT2D eigenvalue weighted by molar-refractivity contribution is 5.88. The van der Waals surface area contributed by atoms with Crippen LogP contribution in [0.5, 0.6) is 0 Å². The minimum Gasteiger partial charge on any atom is -0.467 e. The van der Waals surface area contributed by atoms with Gasteiger partial charge in [-0.3, -0.25) is 14.4 Å². The lowest BCUT2D eigenvalue weighted by Crippen LogP contribution is -2.37. The molecule has 1 fully saturated rings. The Balaban J connectivity index is 1.87. The van der Waals surface area contributed by atoms with Gasteiger partial charge in [0.15, 0.2) is 6.10 Å². The summed E-state index contributed by atoms with van der Waals surface area (Å²) < 4.78 is 10.3. The molecule has 120 valence electrons. The first-order chi connectivity index (χ1) is 10.5. The van der Waals surface area contributed by atoms with Gasteiger partial charge in [-0.15, -0.1) is 0 Å². The minimum atomic E-state index is -0.860. The zero-order valence-electron chi connectivity index (χ0n) is 12.7. The summed E-state index contributed by atoms with van der Waals surface area (Å²) in [5.41, 5.74) is 0. The zero-order chi connectivity index (χ0) is 16.1. The van der Waals surface area contributed by atoms with E-state index >= 15 is 0 Å². The smallest absolute Gasteiger partial charge is 0.312 e. The zero-order valence-corrected chi connectivity index (χ0v) is 12.7. The molecule has 0 unspecified atom stereocenters. The molecule has 2 heterocycles. The minimum absolute atomic E-state index is 0.0989. The topological polar surface area (TPSA) is 88.8 Å². The number of furan rings is 1. The number of carbonyl (C=O) groups is 3. The van der Waals surface area contributed by atoms with Crippen molar-refractivity contribution in [2.24, 2.45) is 5.92 Å². The number of ether oxygens (including phenoxy) is 1. The van der Waals surface area contributed by atoms with E-state index in [9.17, 15) is 14.4 Å². The Bertz CT molecular complexity index is 540. The van der Waals surface area contributed by atoms with Crippen molar-refractivity contribution in [1.29, 1.82) is 0 Å². The van der Waals surface area contributed by atoms with Crippen LogP contribution in [0.3, 0.4) is 0 Å². The number of hydrogen-bond donors (Lipinski definition) is 1. The van der Waals surface area contributed by atoms with Crippen LogP contribution in [0.25, 0.3) is 0 Å². The molecular formula is C15H20N2O5. The van der Waals surface area contributed by atoms with E-state index in [-0.39, 0.29) is 24.8 Å². The third-order valence-corrected chi connectivity index (χ3v) is 3.49. The molecule has 2 atom stereocenters. The van der Waals surface area contributed by atoms with E-state index in [2.05, 4.69) is 5.32 Å². The first-order valence-corrected chi connectivity index (χ1v) is 7.29. The lowest BCUT2D eigenvalue weighted by atomic mass is 10.1. The van der Waals surface area contributed by atoms with E-state index in [0.717, 1.165) is 0 Å². The lowest BCUT2D eigenvalue weighted by Gasteiger charge is -2.16. The fraction of sp³-hybridized carbons (Fsp3) is 0.533. The van der Waals surface area contributed by atoms with E-state index < -0.39 is 18.0 Å². The van der Waals surface area contributed by atoms with Crippen molar-refractivity contribution in [3.8, 4) is 0 Å². The van der Waals surface area contributed by atoms with E-state index in [1.54, 1.807) is 24.0 Å². The van der Waals surface area contributed by atoms with Gasteiger partial charge in [0.2, 0.25) is 5.91 Å². The average Bonchev–Trinajstić information content (AvgIpc) is 3.10. The number of rotatable bonds is 6. The van der Waals surface area contributed by atoms with Gasteiger partial charge in [0.25, 0.3) is 5.91 Å². The number of likely N-dealkylation sites (tertiary alicyclic amines) is 1. The number of hydrogen-bond acceptors (Lipinski definition) is 5. The predicted octanol–water partition coefficient (Wildman–Crippen LogP) is 0.696. The first-order valence-electron chi connectivity index (χ1n) is 7.29. The van der Waals surface area contributed by atoms with Gasteiger partial charge in [0.05, 0.1) is 18.7 Å². The molecule has 7 nitrogen and oxygen atoms in total. The van der Waals surface area contributed by atoms with E-state index in [4.69, 9.17) is 9.15 Å². The van der Waals surface area contributed by atoms with Gasteiger partial charge in [-0.1, -0.05) is 0 Å². The highest BCUT2D eigenvalue weighted by atomic mass is 16.5. The fourth-order valence-corrected chi connectivity index (χ4v) is 2.32. The van der Waals surface area contributed by atoms with Gasteiger partial charge in [-0.25, -0.2) is 0 Å². The standard InChI is InChI=1S/C15H20N2O5/c1-3-16-14(19)10(2)22-15(20)11-7-13(18)17(8-11)9-12-5-4-6-21-12/h4-6,10-11H,3,7-9H2,1-2H3,(H,16,19)/t10-,11+/m0/s1. The summed E-state index contributed by atoms with van der Waals surface area (Å²) in [4.78, 5) is 37.1. The monoisotopic (exact) mass is 308 g/mol. The highest BCUT2D eigenvalue weighted by Crippen LogP contribution is 2.22. The Kier molecular flexibility index (Phi) is 5.19. The van der Waals surface area contributed by atoms with Crippen molar-refractivity contribution in [2.75, 3.05) is 13.1 Å². The van der Waals surface area contributed by atoms with E-state index in [1.807, 2.05) is 0 Å². The Morgan fingerprint density at radius 1 is 1.55 bits per heavy atom. The van der Waals surface area contributed by atoms with Crippen LogP contribution in [0.15, 0.2) is 22.8 Å². The molecule has 0 aliphatic carbocycles. The number of esters is 1. The van der Waals surface area contributed by atoms with Gasteiger partial charge in [-0.2, -0.15) is 0 Å². The molecule has 22 heavy (non-hydrogen) atoms. The largest absolute Gasteiger partial charge is 0.467 e. The first kappa shape index (κ1) is 16.1. The third kappa shape index (κ3) is 3.87. The van der Waals surface area contributed by atoms with Crippen LogP contribution in [-0.2, 0) is 25.7 Å². The van der Waals surface area contributed by atoms with Crippen LogP contribution in [0.4, 0.5) is 0 Å². The molecular weight excluding hydrogens is 288 g/mol. The van der Waals surface area contributed by atoms with Crippen LogP contribution in [0, 0.1) is 5.92 Å². The molecule has 0 bridgehead atoms. The Hall–Kier alpha value is -2.31. The molecule has 0 radical (unpaired) electrons. The Morgan fingerprint density at radius 3 is 2.95 bits per heavy atom. The number of carbonyl (C=O) groups excluding carboxylic acids is 3. The summed E-state index contributed by atoms with van der Waals surface area (Å²) >= 11 is 0. The van der Waals surface area contributed by atoms with E-state index in [0.29, 0.717) is 18.8 Å². The number of amides is 2. The van der Waals surface area contributed by atoms with Gasteiger partial charge < -0.3 is 19.4 Å². The van der Waals surface area contributed by atoms with Crippen molar-refractivity contribution in [3.05, 3.63) is 24.2 Å². The summed E-state index contributed by atoms with van der Waals surface area (Å²) in [6.07, 6.45) is 0.777. The molecule has 0 aromatic carbocycles. The molecule has 2 rings (SSSR count). The van der Waals surface area contributed by atoms with Crippen molar-refractivity contribution in [2.45, 2.75) is 32.9 Å². The fourth-order valence-electron chi connectivity index (χ4n) is 2.32. The Morgan fingerprint density at radius 2 is 2.32 bits per heavy atom. The second kappa shape index (κ2) is 7.11. The van der Waals surface area contributed by atoms with Crippen LogP contribution in [0.1, 0.15) is 26.0 Å². The molecule has 7 heteroatoms. The van der Waals surface area contributed by atoms with Crippen molar-refractivity contribution in [3.63, 3.8) is 0 Å². The molecule has 2 amide bonds. The van der Waals surface area contributed by atoms with Gasteiger partial charge in [-0.05, 0) is 26.0 Å². The molecule has 0 spiro atoms.